The van der Waals surface area contributed by atoms with E-state index in [0.717, 1.165) is 12.8 Å². The lowest BCUT2D eigenvalue weighted by atomic mass is 10.2. The third-order valence-electron chi connectivity index (χ3n) is 2.03. The van der Waals surface area contributed by atoms with Crippen LogP contribution in [-0.4, -0.2) is 27.6 Å². The highest BCUT2D eigenvalue weighted by molar-refractivity contribution is 6.20. The highest BCUT2D eigenvalue weighted by Gasteiger charge is 2.10. The smallest absolute Gasteiger partial charge is 0.271 e. The van der Waals surface area contributed by atoms with Crippen molar-refractivity contribution in [1.82, 2.24) is 15.1 Å². The van der Waals surface area contributed by atoms with Crippen LogP contribution < -0.4 is 5.32 Å². The molecule has 1 amide bonds. The van der Waals surface area contributed by atoms with E-state index in [9.17, 15) is 4.79 Å². The van der Waals surface area contributed by atoms with Gasteiger partial charge in [0.1, 0.15) is 5.69 Å². The van der Waals surface area contributed by atoms with Crippen LogP contribution in [0.1, 0.15) is 30.3 Å². The summed E-state index contributed by atoms with van der Waals surface area (Å²) in [6.07, 6.45) is 3.66. The maximum absolute atomic E-state index is 11.5. The zero-order chi connectivity index (χ0) is 11.3. The van der Waals surface area contributed by atoms with E-state index in [2.05, 4.69) is 17.3 Å². The molecule has 0 aliphatic heterocycles. The maximum atomic E-state index is 11.5. The molecular weight excluding hydrogens is 214 g/mol. The quantitative estimate of drug-likeness (QED) is 0.779. The molecule has 5 heteroatoms. The van der Waals surface area contributed by atoms with Crippen molar-refractivity contribution in [1.29, 1.82) is 0 Å². The first-order valence-electron chi connectivity index (χ1n) is 5.05. The number of aryl methyl sites for hydroxylation is 1. The number of carbonyl (C=O) groups is 1. The third-order valence-corrected chi connectivity index (χ3v) is 2.40. The van der Waals surface area contributed by atoms with Crippen LogP contribution in [-0.2, 0) is 7.05 Å². The Hall–Kier alpha value is -1.03. The van der Waals surface area contributed by atoms with Gasteiger partial charge in [0.15, 0.2) is 0 Å². The molecule has 1 aromatic heterocycles. The second-order valence-electron chi connectivity index (χ2n) is 3.47. The predicted molar refractivity (Wildman–Crippen MR) is 60.1 cm³/mol. The van der Waals surface area contributed by atoms with E-state index in [-0.39, 0.29) is 11.3 Å². The normalized spacial score (nSPS) is 12.5. The summed E-state index contributed by atoms with van der Waals surface area (Å²) in [5, 5.41) is 6.75. The molecule has 0 fully saturated rings. The highest BCUT2D eigenvalue weighted by atomic mass is 35.5. The minimum absolute atomic E-state index is 0.00247. The van der Waals surface area contributed by atoms with E-state index < -0.39 is 0 Å². The maximum Gasteiger partial charge on any atom is 0.271 e. The summed E-state index contributed by atoms with van der Waals surface area (Å²) in [5.74, 6) is -0.169. The zero-order valence-electron chi connectivity index (χ0n) is 9.03. The molecule has 15 heavy (non-hydrogen) atoms. The number of hydrogen-bond acceptors (Lipinski definition) is 2. The fourth-order valence-corrected chi connectivity index (χ4v) is 1.54. The Labute approximate surface area is 94.6 Å². The van der Waals surface area contributed by atoms with E-state index in [1.54, 1.807) is 24.0 Å². The molecule has 1 aromatic rings. The number of hydrogen-bond donors (Lipinski definition) is 1. The van der Waals surface area contributed by atoms with Crippen molar-refractivity contribution in [3.8, 4) is 0 Å². The third kappa shape index (κ3) is 3.91. The Balaban J connectivity index is 2.36. The molecule has 1 N–H and O–H groups in total. The zero-order valence-corrected chi connectivity index (χ0v) is 9.79. The van der Waals surface area contributed by atoms with Crippen LogP contribution in [0.2, 0.25) is 0 Å². The molecule has 1 atom stereocenters. The Kier molecular flexibility index (Phi) is 4.62. The van der Waals surface area contributed by atoms with Crippen molar-refractivity contribution in [2.24, 2.45) is 7.05 Å². The molecular formula is C10H16ClN3O. The van der Waals surface area contributed by atoms with Gasteiger partial charge in [0, 0.05) is 19.8 Å². The molecule has 0 radical (unpaired) electrons. The molecule has 0 spiro atoms. The van der Waals surface area contributed by atoms with Crippen LogP contribution in [0.4, 0.5) is 0 Å². The molecule has 0 aliphatic rings. The number of amides is 1. The van der Waals surface area contributed by atoms with Crippen LogP contribution >= 0.6 is 11.6 Å². The van der Waals surface area contributed by atoms with Crippen LogP contribution in [0.3, 0.4) is 0 Å². The number of rotatable bonds is 5. The first-order chi connectivity index (χ1) is 7.13. The lowest BCUT2D eigenvalue weighted by molar-refractivity contribution is 0.0947. The van der Waals surface area contributed by atoms with Crippen LogP contribution in [0, 0.1) is 0 Å². The highest BCUT2D eigenvalue weighted by Crippen LogP contribution is 2.03. The summed E-state index contributed by atoms with van der Waals surface area (Å²) in [5.41, 5.74) is 0.429. The fourth-order valence-electron chi connectivity index (χ4n) is 1.25. The lowest BCUT2D eigenvalue weighted by Crippen LogP contribution is -2.30. The lowest BCUT2D eigenvalue weighted by Gasteiger charge is -2.08. The second kappa shape index (κ2) is 5.75. The molecule has 0 bridgehead atoms. The van der Waals surface area contributed by atoms with Gasteiger partial charge in [-0.25, -0.2) is 0 Å². The van der Waals surface area contributed by atoms with Gasteiger partial charge in [0.05, 0.1) is 5.38 Å². The first-order valence-corrected chi connectivity index (χ1v) is 5.49. The van der Waals surface area contributed by atoms with E-state index >= 15 is 0 Å². The number of aromatic nitrogens is 2. The number of nitrogens with zero attached hydrogens (tertiary/aromatic N) is 2. The largest absolute Gasteiger partial charge is 0.349 e. The Morgan fingerprint density at radius 1 is 1.73 bits per heavy atom. The Bertz CT molecular complexity index is 324. The van der Waals surface area contributed by atoms with Crippen LogP contribution in [0.15, 0.2) is 12.3 Å². The van der Waals surface area contributed by atoms with Gasteiger partial charge >= 0.3 is 0 Å². The molecule has 0 aliphatic carbocycles. The minimum atomic E-state index is -0.169. The summed E-state index contributed by atoms with van der Waals surface area (Å²) >= 11 is 5.98. The predicted octanol–water partition coefficient (Wildman–Crippen LogP) is 1.56. The average Bonchev–Trinajstić information content (AvgIpc) is 2.62. The number of halogens is 1. The van der Waals surface area contributed by atoms with Crippen LogP contribution in [0.25, 0.3) is 0 Å². The first kappa shape index (κ1) is 12.0. The Morgan fingerprint density at radius 3 is 3.00 bits per heavy atom. The molecule has 0 aromatic carbocycles. The monoisotopic (exact) mass is 229 g/mol. The summed E-state index contributed by atoms with van der Waals surface area (Å²) in [6, 6.07) is 1.68. The standard InChI is InChI=1S/C10H16ClN3O/c1-3-4-8(11)7-12-10(15)9-5-6-14(2)13-9/h5-6,8H,3-4,7H2,1-2H3,(H,12,15). The summed E-state index contributed by atoms with van der Waals surface area (Å²) in [6.45, 7) is 2.56. The molecule has 1 unspecified atom stereocenters. The van der Waals surface area contributed by atoms with Gasteiger partial charge in [-0.1, -0.05) is 13.3 Å². The number of alkyl halides is 1. The molecule has 1 heterocycles. The number of carbonyl (C=O) groups excluding carboxylic acids is 1. The molecule has 0 saturated carbocycles. The van der Waals surface area contributed by atoms with E-state index in [0.29, 0.717) is 12.2 Å². The summed E-state index contributed by atoms with van der Waals surface area (Å²) in [4.78, 5) is 11.5. The van der Waals surface area contributed by atoms with Crippen molar-refractivity contribution in [2.75, 3.05) is 6.54 Å². The molecule has 1 rings (SSSR count). The SMILES string of the molecule is CCCC(Cl)CNC(=O)c1ccn(C)n1. The van der Waals surface area contributed by atoms with E-state index in [1.807, 2.05) is 0 Å². The van der Waals surface area contributed by atoms with Gasteiger partial charge < -0.3 is 5.32 Å². The summed E-state index contributed by atoms with van der Waals surface area (Å²) in [7, 11) is 1.78. The summed E-state index contributed by atoms with van der Waals surface area (Å²) < 4.78 is 1.60. The Morgan fingerprint density at radius 2 is 2.47 bits per heavy atom. The molecule has 4 nitrogen and oxygen atoms in total. The van der Waals surface area contributed by atoms with Gasteiger partial charge in [-0.15, -0.1) is 11.6 Å². The topological polar surface area (TPSA) is 46.9 Å². The van der Waals surface area contributed by atoms with Crippen molar-refractivity contribution in [2.45, 2.75) is 25.1 Å². The van der Waals surface area contributed by atoms with Crippen molar-refractivity contribution in [3.63, 3.8) is 0 Å². The van der Waals surface area contributed by atoms with Crippen LogP contribution in [0.5, 0.6) is 0 Å². The number of nitrogens with one attached hydrogen (secondary N) is 1. The van der Waals surface area contributed by atoms with Crippen molar-refractivity contribution >= 4 is 17.5 Å². The minimum Gasteiger partial charge on any atom is -0.349 e. The molecule has 0 saturated heterocycles. The van der Waals surface area contributed by atoms with Gasteiger partial charge in [-0.2, -0.15) is 5.10 Å². The van der Waals surface area contributed by atoms with Crippen molar-refractivity contribution < 1.29 is 4.79 Å². The van der Waals surface area contributed by atoms with Gasteiger partial charge in [-0.05, 0) is 12.5 Å². The second-order valence-corrected chi connectivity index (χ2v) is 4.09. The average molecular weight is 230 g/mol. The fraction of sp³-hybridized carbons (Fsp3) is 0.600. The van der Waals surface area contributed by atoms with Crippen molar-refractivity contribution in [3.05, 3.63) is 18.0 Å². The van der Waals surface area contributed by atoms with Gasteiger partial charge in [0.2, 0.25) is 0 Å². The van der Waals surface area contributed by atoms with Gasteiger partial charge in [0.25, 0.3) is 5.91 Å². The van der Waals surface area contributed by atoms with Gasteiger partial charge in [-0.3, -0.25) is 9.48 Å². The molecule has 84 valence electrons. The van der Waals surface area contributed by atoms with E-state index in [1.165, 1.54) is 0 Å². The van der Waals surface area contributed by atoms with E-state index in [4.69, 9.17) is 11.6 Å².